The summed E-state index contributed by atoms with van der Waals surface area (Å²) in [5.41, 5.74) is 1.14. The highest BCUT2D eigenvalue weighted by molar-refractivity contribution is 6.35. The minimum atomic E-state index is -1.50. The topological polar surface area (TPSA) is 94.1 Å². The van der Waals surface area contributed by atoms with Crippen LogP contribution < -0.4 is 0 Å². The van der Waals surface area contributed by atoms with Crippen molar-refractivity contribution in [1.82, 2.24) is 14.8 Å². The lowest BCUT2D eigenvalue weighted by Crippen LogP contribution is -2.10. The zero-order valence-electron chi connectivity index (χ0n) is 13.3. The average Bonchev–Trinajstić information content (AvgIpc) is 2.99. The minimum Gasteiger partial charge on any atom is -0.328 e. The smallest absolute Gasteiger partial charge is 0.291 e. The molecule has 0 radical (unpaired) electrons. The van der Waals surface area contributed by atoms with Crippen LogP contribution in [-0.4, -0.2) is 25.1 Å². The lowest BCUT2D eigenvalue weighted by atomic mass is 9.93. The molecule has 2 rings (SSSR count). The van der Waals surface area contributed by atoms with Gasteiger partial charge in [0.05, 0.1) is 0 Å². The number of aromatic nitrogens is 3. The molecule has 0 aliphatic carbocycles. The van der Waals surface area contributed by atoms with Gasteiger partial charge in [0.15, 0.2) is 0 Å². The minimum absolute atomic E-state index is 0.341. The van der Waals surface area contributed by atoms with Crippen LogP contribution in [0.3, 0.4) is 0 Å². The van der Waals surface area contributed by atoms with Crippen molar-refractivity contribution < 1.29 is 10.3 Å². The molecule has 24 heavy (non-hydrogen) atoms. The molecule has 1 N–H and O–H groups in total. The molecule has 7 nitrogen and oxygen atoms in total. The zero-order chi connectivity index (χ0) is 17.9. The van der Waals surface area contributed by atoms with E-state index in [1.165, 1.54) is 19.3 Å². The van der Waals surface area contributed by atoms with Gasteiger partial charge in [-0.25, -0.2) is 4.98 Å². The summed E-state index contributed by atoms with van der Waals surface area (Å²) in [5, 5.41) is 19.2. The maximum absolute atomic E-state index is 8.36. The first-order valence-corrected chi connectivity index (χ1v) is 8.30. The van der Waals surface area contributed by atoms with Gasteiger partial charge in [0.1, 0.15) is 12.7 Å². The molecule has 0 amide bonds. The summed E-state index contributed by atoms with van der Waals surface area (Å²) in [6.45, 7) is 3.01. The SMILES string of the molecule is CCCCCC(Cn1cncn1)c1ccc(Cl)cc1Cl.O=[N+]([O-])O. The Morgan fingerprint density at radius 2 is 2.08 bits per heavy atom. The molecule has 9 heteroatoms. The van der Waals surface area contributed by atoms with Gasteiger partial charge in [-0.15, -0.1) is 10.1 Å². The first-order valence-electron chi connectivity index (χ1n) is 7.54. The molecule has 1 aromatic carbocycles. The fraction of sp³-hybridized carbons (Fsp3) is 0.467. The second kappa shape index (κ2) is 10.8. The van der Waals surface area contributed by atoms with Crippen LogP contribution in [0.25, 0.3) is 0 Å². The van der Waals surface area contributed by atoms with Crippen molar-refractivity contribution in [3.63, 3.8) is 0 Å². The van der Waals surface area contributed by atoms with E-state index in [9.17, 15) is 0 Å². The highest BCUT2D eigenvalue weighted by Crippen LogP contribution is 2.32. The Kier molecular flexibility index (Phi) is 9.11. The molecule has 0 saturated heterocycles. The lowest BCUT2D eigenvalue weighted by molar-refractivity contribution is -0.742. The van der Waals surface area contributed by atoms with Crippen molar-refractivity contribution in [2.75, 3.05) is 0 Å². The summed E-state index contributed by atoms with van der Waals surface area (Å²) < 4.78 is 1.86. The molecule has 0 aliphatic heterocycles. The van der Waals surface area contributed by atoms with Gasteiger partial charge >= 0.3 is 0 Å². The number of rotatable bonds is 7. The number of halogens is 2. The Morgan fingerprint density at radius 3 is 2.62 bits per heavy atom. The van der Waals surface area contributed by atoms with Gasteiger partial charge in [0.25, 0.3) is 5.09 Å². The van der Waals surface area contributed by atoms with E-state index < -0.39 is 5.09 Å². The van der Waals surface area contributed by atoms with E-state index in [0.29, 0.717) is 10.9 Å². The van der Waals surface area contributed by atoms with Crippen LogP contribution in [0, 0.1) is 10.1 Å². The first kappa shape index (κ1) is 20.2. The summed E-state index contributed by atoms with van der Waals surface area (Å²) in [6.07, 6.45) is 8.04. The Balaban J connectivity index is 0.000000648. The van der Waals surface area contributed by atoms with Gasteiger partial charge in [-0.3, -0.25) is 4.68 Å². The van der Waals surface area contributed by atoms with Crippen molar-refractivity contribution in [2.45, 2.75) is 45.1 Å². The monoisotopic (exact) mass is 374 g/mol. The second-order valence-corrected chi connectivity index (χ2v) is 6.06. The van der Waals surface area contributed by atoms with Crippen LogP contribution in [0.1, 0.15) is 44.1 Å². The third-order valence-electron chi connectivity index (χ3n) is 3.43. The van der Waals surface area contributed by atoms with E-state index >= 15 is 0 Å². The van der Waals surface area contributed by atoms with Crippen molar-refractivity contribution in [3.8, 4) is 0 Å². The average molecular weight is 375 g/mol. The fourth-order valence-electron chi connectivity index (χ4n) is 2.37. The Labute approximate surface area is 150 Å². The molecule has 0 saturated carbocycles. The predicted octanol–water partition coefficient (Wildman–Crippen LogP) is 4.60. The summed E-state index contributed by atoms with van der Waals surface area (Å²) in [7, 11) is 0. The molecule has 0 bridgehead atoms. The molecule has 1 atom stereocenters. The third-order valence-corrected chi connectivity index (χ3v) is 3.99. The van der Waals surface area contributed by atoms with Gasteiger partial charge in [-0.05, 0) is 24.1 Å². The van der Waals surface area contributed by atoms with Gasteiger partial charge in [-0.2, -0.15) is 5.10 Å². The number of nitrogens with zero attached hydrogens (tertiary/aromatic N) is 4. The summed E-state index contributed by atoms with van der Waals surface area (Å²) in [6, 6.07) is 5.74. The van der Waals surface area contributed by atoms with Gasteiger partial charge in [-0.1, -0.05) is 55.5 Å². The molecule has 1 aromatic heterocycles. The molecule has 2 aromatic rings. The van der Waals surface area contributed by atoms with E-state index in [2.05, 4.69) is 17.0 Å². The van der Waals surface area contributed by atoms with Gasteiger partial charge in [0, 0.05) is 22.5 Å². The van der Waals surface area contributed by atoms with Crippen LogP contribution in [0.2, 0.25) is 10.0 Å². The molecular formula is C15H20Cl2N4O3. The number of benzene rings is 1. The number of unbranched alkanes of at least 4 members (excludes halogenated alkanes) is 2. The largest absolute Gasteiger partial charge is 0.328 e. The van der Waals surface area contributed by atoms with Crippen LogP contribution in [0.4, 0.5) is 0 Å². The molecule has 0 fully saturated rings. The van der Waals surface area contributed by atoms with Crippen LogP contribution in [0.15, 0.2) is 30.9 Å². The third kappa shape index (κ3) is 7.61. The van der Waals surface area contributed by atoms with Crippen molar-refractivity contribution in [1.29, 1.82) is 0 Å². The molecule has 1 unspecified atom stereocenters. The first-order chi connectivity index (χ1) is 11.4. The maximum Gasteiger partial charge on any atom is 0.291 e. The fourth-order valence-corrected chi connectivity index (χ4v) is 2.93. The van der Waals surface area contributed by atoms with E-state index in [4.69, 9.17) is 38.5 Å². The highest BCUT2D eigenvalue weighted by atomic mass is 35.5. The van der Waals surface area contributed by atoms with E-state index in [1.807, 2.05) is 22.9 Å². The number of hydrogen-bond acceptors (Lipinski definition) is 4. The van der Waals surface area contributed by atoms with Crippen molar-refractivity contribution >= 4 is 23.2 Å². The Morgan fingerprint density at radius 1 is 1.38 bits per heavy atom. The maximum atomic E-state index is 8.36. The second-order valence-electron chi connectivity index (χ2n) is 5.21. The van der Waals surface area contributed by atoms with Gasteiger partial charge in [0.2, 0.25) is 0 Å². The summed E-state index contributed by atoms with van der Waals surface area (Å²) in [4.78, 5) is 12.4. The van der Waals surface area contributed by atoms with Crippen molar-refractivity contribution in [2.24, 2.45) is 0 Å². The lowest BCUT2D eigenvalue weighted by Gasteiger charge is -2.18. The quantitative estimate of drug-likeness (QED) is 0.434. The van der Waals surface area contributed by atoms with Gasteiger partial charge < -0.3 is 5.21 Å². The molecule has 1 heterocycles. The predicted molar refractivity (Wildman–Crippen MR) is 92.1 cm³/mol. The molecule has 132 valence electrons. The Bertz CT molecular complexity index is 619. The van der Waals surface area contributed by atoms with E-state index in [-0.39, 0.29) is 0 Å². The zero-order valence-corrected chi connectivity index (χ0v) is 14.8. The van der Waals surface area contributed by atoms with Crippen LogP contribution >= 0.6 is 23.2 Å². The van der Waals surface area contributed by atoms with E-state index in [1.54, 1.807) is 12.7 Å². The van der Waals surface area contributed by atoms with Crippen LogP contribution in [-0.2, 0) is 6.54 Å². The summed E-state index contributed by atoms with van der Waals surface area (Å²) >= 11 is 12.3. The molecular weight excluding hydrogens is 355 g/mol. The van der Waals surface area contributed by atoms with E-state index in [0.717, 1.165) is 23.6 Å². The highest BCUT2D eigenvalue weighted by Gasteiger charge is 2.16. The molecule has 0 spiro atoms. The standard InChI is InChI=1S/C15H19Cl2N3.HNO3/c1-2-3-4-5-12(9-20-11-18-10-19-20)14-7-6-13(16)8-15(14)17;2-1(3)4/h6-8,10-12H,2-5,9H2,1H3;(H,2,3,4). The molecule has 0 aliphatic rings. The van der Waals surface area contributed by atoms with Crippen LogP contribution in [0.5, 0.6) is 0 Å². The Hall–Kier alpha value is -1.86. The van der Waals surface area contributed by atoms with Crippen molar-refractivity contribution in [3.05, 3.63) is 56.6 Å². The normalized spacial score (nSPS) is 11.5. The summed E-state index contributed by atoms with van der Waals surface area (Å²) in [5.74, 6) is 0.341. The number of hydrogen-bond donors (Lipinski definition) is 1.